The van der Waals surface area contributed by atoms with Crippen LogP contribution >= 0.6 is 11.6 Å². The largest absolute Gasteiger partial charge is 0.357 e. The van der Waals surface area contributed by atoms with E-state index in [0.29, 0.717) is 5.02 Å². The highest BCUT2D eigenvalue weighted by Gasteiger charge is 2.32. The van der Waals surface area contributed by atoms with E-state index in [0.717, 1.165) is 21.0 Å². The van der Waals surface area contributed by atoms with Crippen LogP contribution in [-0.4, -0.2) is 56.1 Å². The van der Waals surface area contributed by atoms with Gasteiger partial charge in [0.25, 0.3) is 0 Å². The minimum Gasteiger partial charge on any atom is -0.357 e. The van der Waals surface area contributed by atoms with E-state index in [-0.39, 0.29) is 23.8 Å². The van der Waals surface area contributed by atoms with Crippen LogP contribution in [0.1, 0.15) is 16.7 Å². The molecule has 0 aliphatic rings. The van der Waals surface area contributed by atoms with E-state index in [1.165, 1.54) is 43.3 Å². The molecule has 0 saturated carbocycles. The number of rotatable bonds is 10. The van der Waals surface area contributed by atoms with Gasteiger partial charge in [0.2, 0.25) is 21.8 Å². The molecule has 0 aromatic heterocycles. The lowest BCUT2D eigenvalue weighted by atomic mass is 10.0. The average molecular weight is 528 g/mol. The van der Waals surface area contributed by atoms with E-state index in [1.807, 2.05) is 61.5 Å². The molecule has 1 atom stereocenters. The van der Waals surface area contributed by atoms with E-state index < -0.39 is 28.5 Å². The van der Waals surface area contributed by atoms with E-state index in [4.69, 9.17) is 11.6 Å². The van der Waals surface area contributed by atoms with Gasteiger partial charge >= 0.3 is 0 Å². The Labute approximate surface area is 217 Å². The second-order valence-electron chi connectivity index (χ2n) is 8.48. The van der Waals surface area contributed by atoms with Gasteiger partial charge in [-0.3, -0.25) is 9.59 Å². The van der Waals surface area contributed by atoms with Crippen molar-refractivity contribution in [1.82, 2.24) is 14.5 Å². The van der Waals surface area contributed by atoms with Crippen molar-refractivity contribution >= 4 is 33.4 Å². The van der Waals surface area contributed by atoms with Crippen molar-refractivity contribution in [2.75, 3.05) is 20.6 Å². The molecule has 1 unspecified atom stereocenters. The van der Waals surface area contributed by atoms with E-state index in [2.05, 4.69) is 5.32 Å². The van der Waals surface area contributed by atoms with Crippen LogP contribution in [0, 0.1) is 6.92 Å². The summed E-state index contributed by atoms with van der Waals surface area (Å²) in [5.74, 6) is -0.813. The minimum absolute atomic E-state index is 0.0276. The number of hydrogen-bond acceptors (Lipinski definition) is 4. The third kappa shape index (κ3) is 6.72. The Morgan fingerprint density at radius 3 is 2.17 bits per heavy atom. The van der Waals surface area contributed by atoms with Crippen LogP contribution in [-0.2, 0) is 32.6 Å². The summed E-state index contributed by atoms with van der Waals surface area (Å²) in [6.45, 7) is 1.66. The monoisotopic (exact) mass is 527 g/mol. The van der Waals surface area contributed by atoms with Crippen LogP contribution in [0.25, 0.3) is 0 Å². The quantitative estimate of drug-likeness (QED) is 0.436. The molecular formula is C27H30ClN3O4S. The molecule has 190 valence electrons. The molecule has 9 heteroatoms. The maximum absolute atomic E-state index is 13.7. The summed E-state index contributed by atoms with van der Waals surface area (Å²) in [4.78, 5) is 28.2. The van der Waals surface area contributed by atoms with E-state index >= 15 is 0 Å². The number of halogens is 1. The predicted molar refractivity (Wildman–Crippen MR) is 141 cm³/mol. The molecule has 7 nitrogen and oxygen atoms in total. The third-order valence-corrected chi connectivity index (χ3v) is 8.07. The van der Waals surface area contributed by atoms with Gasteiger partial charge in [-0.2, -0.15) is 4.31 Å². The maximum atomic E-state index is 13.7. The summed E-state index contributed by atoms with van der Waals surface area (Å²) in [5.41, 5.74) is 2.72. The fraction of sp³-hybridized carbons (Fsp3) is 0.259. The molecule has 36 heavy (non-hydrogen) atoms. The highest BCUT2D eigenvalue weighted by atomic mass is 35.5. The highest BCUT2D eigenvalue weighted by molar-refractivity contribution is 7.89. The molecule has 0 aliphatic heterocycles. The molecule has 0 fully saturated rings. The summed E-state index contributed by atoms with van der Waals surface area (Å²) in [5, 5.41) is 3.07. The molecular weight excluding hydrogens is 498 g/mol. The number of hydrogen-bond donors (Lipinski definition) is 1. The number of carbonyl (C=O) groups is 2. The van der Waals surface area contributed by atoms with Crippen LogP contribution < -0.4 is 5.32 Å². The van der Waals surface area contributed by atoms with Gasteiger partial charge in [0.15, 0.2) is 0 Å². The maximum Gasteiger partial charge on any atom is 0.243 e. The number of aryl methyl sites for hydroxylation is 1. The fourth-order valence-corrected chi connectivity index (χ4v) is 5.09. The van der Waals surface area contributed by atoms with Gasteiger partial charge in [-0.15, -0.1) is 0 Å². The zero-order valence-corrected chi connectivity index (χ0v) is 22.1. The molecule has 0 aliphatic carbocycles. The molecule has 0 radical (unpaired) electrons. The number of carbonyl (C=O) groups excluding carboxylic acids is 2. The molecule has 0 heterocycles. The van der Waals surface area contributed by atoms with Crippen LogP contribution in [0.3, 0.4) is 0 Å². The van der Waals surface area contributed by atoms with Crippen molar-refractivity contribution in [3.8, 4) is 0 Å². The Balaban J connectivity index is 1.95. The second-order valence-corrected chi connectivity index (χ2v) is 11.0. The molecule has 3 aromatic rings. The van der Waals surface area contributed by atoms with Gasteiger partial charge in [0.1, 0.15) is 6.04 Å². The molecule has 1 N–H and O–H groups in total. The molecule has 3 rings (SSSR count). The SMILES string of the molecule is CNC(=O)C(Cc1ccccc1)N(Cc1ccccc1C)C(=O)CN(C)S(=O)(=O)c1ccc(Cl)cc1. The number of nitrogens with zero attached hydrogens (tertiary/aromatic N) is 2. The molecule has 0 bridgehead atoms. The first kappa shape index (κ1) is 27.4. The Bertz CT molecular complexity index is 1300. The molecule has 0 spiro atoms. The predicted octanol–water partition coefficient (Wildman–Crippen LogP) is 3.66. The number of nitrogens with one attached hydrogen (secondary N) is 1. The standard InChI is InChI=1S/C27H30ClN3O4S/c1-20-9-7-8-12-22(20)18-31(25(27(33)29-2)17-21-10-5-4-6-11-21)26(32)19-30(3)36(34,35)24-15-13-23(28)14-16-24/h4-16,25H,17-19H2,1-3H3,(H,29,33). The smallest absolute Gasteiger partial charge is 0.243 e. The summed E-state index contributed by atoms with van der Waals surface area (Å²) >= 11 is 5.89. The highest BCUT2D eigenvalue weighted by Crippen LogP contribution is 2.20. The molecule has 0 saturated heterocycles. The van der Waals surface area contributed by atoms with E-state index in [1.54, 1.807) is 0 Å². The van der Waals surface area contributed by atoms with Crippen molar-refractivity contribution in [2.45, 2.75) is 30.8 Å². The number of amides is 2. The molecule has 3 aromatic carbocycles. The second kappa shape index (κ2) is 12.2. The first-order valence-corrected chi connectivity index (χ1v) is 13.3. The Morgan fingerprint density at radius 1 is 0.944 bits per heavy atom. The Kier molecular flexibility index (Phi) is 9.25. The summed E-state index contributed by atoms with van der Waals surface area (Å²) in [7, 11) is -1.08. The lowest BCUT2D eigenvalue weighted by Gasteiger charge is -2.32. The number of benzene rings is 3. The van der Waals surface area contributed by atoms with Crippen molar-refractivity contribution < 1.29 is 18.0 Å². The first-order chi connectivity index (χ1) is 17.1. The zero-order chi connectivity index (χ0) is 26.3. The van der Waals surface area contributed by atoms with Crippen LogP contribution in [0.4, 0.5) is 0 Å². The normalized spacial score (nSPS) is 12.2. The topological polar surface area (TPSA) is 86.8 Å². The summed E-state index contributed by atoms with van der Waals surface area (Å²) in [6.07, 6.45) is 0.284. The van der Waals surface area contributed by atoms with Gasteiger partial charge in [0, 0.05) is 32.1 Å². The summed E-state index contributed by atoms with van der Waals surface area (Å²) < 4.78 is 27.2. The van der Waals surface area contributed by atoms with Gasteiger partial charge in [0.05, 0.1) is 11.4 Å². The van der Waals surface area contributed by atoms with E-state index in [9.17, 15) is 18.0 Å². The van der Waals surface area contributed by atoms with Gasteiger partial charge < -0.3 is 10.2 Å². The van der Waals surface area contributed by atoms with Crippen molar-refractivity contribution in [2.24, 2.45) is 0 Å². The minimum atomic E-state index is -3.95. The van der Waals surface area contributed by atoms with Crippen LogP contribution in [0.15, 0.2) is 83.8 Å². The van der Waals surface area contributed by atoms with Crippen LogP contribution in [0.5, 0.6) is 0 Å². The fourth-order valence-electron chi connectivity index (χ4n) is 3.84. The first-order valence-electron chi connectivity index (χ1n) is 11.4. The zero-order valence-electron chi connectivity index (χ0n) is 20.5. The third-order valence-electron chi connectivity index (χ3n) is 6.00. The lowest BCUT2D eigenvalue weighted by molar-refractivity contribution is -0.141. The van der Waals surface area contributed by atoms with Gasteiger partial charge in [-0.05, 0) is 47.9 Å². The molecule has 2 amide bonds. The number of sulfonamides is 1. The van der Waals surface area contributed by atoms with Crippen LogP contribution in [0.2, 0.25) is 5.02 Å². The average Bonchev–Trinajstić information content (AvgIpc) is 2.87. The van der Waals surface area contributed by atoms with Crippen molar-refractivity contribution in [3.63, 3.8) is 0 Å². The number of likely N-dealkylation sites (N-methyl/N-ethyl adjacent to an activating group) is 2. The van der Waals surface area contributed by atoms with Crippen molar-refractivity contribution in [3.05, 3.63) is 101 Å². The summed E-state index contributed by atoms with van der Waals surface area (Å²) in [6, 6.07) is 21.9. The van der Waals surface area contributed by atoms with Crippen molar-refractivity contribution in [1.29, 1.82) is 0 Å². The Hall–Kier alpha value is -3.20. The van der Waals surface area contributed by atoms with Gasteiger partial charge in [-0.1, -0.05) is 66.2 Å². The van der Waals surface area contributed by atoms with Gasteiger partial charge in [-0.25, -0.2) is 8.42 Å². The Morgan fingerprint density at radius 2 is 1.56 bits per heavy atom. The lowest BCUT2D eigenvalue weighted by Crippen LogP contribution is -2.52.